The number of hydrogen-bond acceptors (Lipinski definition) is 4. The van der Waals surface area contributed by atoms with Gasteiger partial charge in [-0.15, -0.1) is 0 Å². The third-order valence-corrected chi connectivity index (χ3v) is 3.89. The normalized spacial score (nSPS) is 14.0. The van der Waals surface area contributed by atoms with Crippen molar-refractivity contribution in [1.82, 2.24) is 10.6 Å². The molecule has 1 aliphatic rings. The van der Waals surface area contributed by atoms with Crippen LogP contribution >= 0.6 is 23.8 Å². The molecule has 2 aromatic carbocycles. The molecule has 0 atom stereocenters. The van der Waals surface area contributed by atoms with Crippen LogP contribution in [-0.2, 0) is 16.2 Å². The van der Waals surface area contributed by atoms with Crippen molar-refractivity contribution in [2.75, 3.05) is 0 Å². The lowest BCUT2D eigenvalue weighted by Crippen LogP contribution is -2.51. The lowest BCUT2D eigenvalue weighted by molar-refractivity contribution is -0.123. The van der Waals surface area contributed by atoms with E-state index in [4.69, 9.17) is 28.6 Å². The number of carbonyl (C=O) groups is 2. The van der Waals surface area contributed by atoms with Crippen molar-refractivity contribution >= 4 is 46.8 Å². The number of rotatable bonds is 4. The molecule has 2 N–H and O–H groups in total. The lowest BCUT2D eigenvalue weighted by Gasteiger charge is -2.16. The third kappa shape index (κ3) is 4.43. The Morgan fingerprint density at radius 2 is 1.72 bits per heavy atom. The molecule has 7 heteroatoms. The predicted octanol–water partition coefficient (Wildman–Crippen LogP) is 2.83. The maximum Gasteiger partial charge on any atom is 0.263 e. The summed E-state index contributed by atoms with van der Waals surface area (Å²) in [7, 11) is 0. The molecule has 5 nitrogen and oxygen atoms in total. The standard InChI is InChI=1S/C18H13ClN2O3S/c19-13-6-4-11(5-7-13)10-24-14-3-1-2-12(8-14)9-15-16(22)20-18(25)21-17(15)23/h1-9H,10H2,(H2,20,21,22,23,25). The summed E-state index contributed by atoms with van der Waals surface area (Å²) in [6, 6.07) is 14.5. The lowest BCUT2D eigenvalue weighted by atomic mass is 10.1. The van der Waals surface area contributed by atoms with Gasteiger partial charge >= 0.3 is 0 Å². The largest absolute Gasteiger partial charge is 0.489 e. The molecular formula is C18H13ClN2O3S. The second kappa shape index (κ2) is 7.46. The van der Waals surface area contributed by atoms with E-state index in [2.05, 4.69) is 10.6 Å². The molecule has 2 amide bonds. The molecule has 0 bridgehead atoms. The molecule has 126 valence electrons. The number of hydrogen-bond donors (Lipinski definition) is 2. The molecule has 0 radical (unpaired) electrons. The summed E-state index contributed by atoms with van der Waals surface area (Å²) in [6.07, 6.45) is 1.49. The maximum atomic E-state index is 11.9. The molecule has 1 fully saturated rings. The van der Waals surface area contributed by atoms with E-state index in [9.17, 15) is 9.59 Å². The van der Waals surface area contributed by atoms with Crippen LogP contribution in [0.5, 0.6) is 5.75 Å². The highest BCUT2D eigenvalue weighted by Crippen LogP contribution is 2.19. The fourth-order valence-corrected chi connectivity index (χ4v) is 2.53. The van der Waals surface area contributed by atoms with Crippen molar-refractivity contribution in [2.24, 2.45) is 0 Å². The molecule has 0 aliphatic carbocycles. The number of ether oxygens (including phenoxy) is 1. The molecule has 3 rings (SSSR count). The molecule has 0 spiro atoms. The van der Waals surface area contributed by atoms with Crippen molar-refractivity contribution < 1.29 is 14.3 Å². The summed E-state index contributed by atoms with van der Waals surface area (Å²) in [5.41, 5.74) is 1.64. The first-order valence-electron chi connectivity index (χ1n) is 7.37. The molecule has 0 unspecified atom stereocenters. The van der Waals surface area contributed by atoms with E-state index in [-0.39, 0.29) is 10.7 Å². The Labute approximate surface area is 154 Å². The van der Waals surface area contributed by atoms with Crippen molar-refractivity contribution in [1.29, 1.82) is 0 Å². The summed E-state index contributed by atoms with van der Waals surface area (Å²) in [5.74, 6) is -0.432. The minimum absolute atomic E-state index is 0.00667. The fraction of sp³-hybridized carbons (Fsp3) is 0.0556. The van der Waals surface area contributed by atoms with Crippen LogP contribution in [0, 0.1) is 0 Å². The highest BCUT2D eigenvalue weighted by atomic mass is 35.5. The van der Waals surface area contributed by atoms with Gasteiger partial charge < -0.3 is 4.74 Å². The van der Waals surface area contributed by atoms with Crippen LogP contribution in [0.3, 0.4) is 0 Å². The quantitative estimate of drug-likeness (QED) is 0.492. The van der Waals surface area contributed by atoms with Gasteiger partial charge in [0, 0.05) is 5.02 Å². The highest BCUT2D eigenvalue weighted by molar-refractivity contribution is 7.80. The summed E-state index contributed by atoms with van der Waals surface area (Å²) >= 11 is 10.6. The van der Waals surface area contributed by atoms with E-state index in [1.165, 1.54) is 6.08 Å². The van der Waals surface area contributed by atoms with Crippen LogP contribution < -0.4 is 15.4 Å². The summed E-state index contributed by atoms with van der Waals surface area (Å²) in [5, 5.41) is 5.47. The summed E-state index contributed by atoms with van der Waals surface area (Å²) in [6.45, 7) is 0.381. The Kier molecular flexibility index (Phi) is 5.11. The van der Waals surface area contributed by atoms with E-state index >= 15 is 0 Å². The Hall–Kier alpha value is -2.70. The number of halogens is 1. The first kappa shape index (κ1) is 17.1. The van der Waals surface area contributed by atoms with Crippen LogP contribution in [-0.4, -0.2) is 16.9 Å². The van der Waals surface area contributed by atoms with E-state index < -0.39 is 11.8 Å². The summed E-state index contributed by atoms with van der Waals surface area (Å²) < 4.78 is 5.74. The van der Waals surface area contributed by atoms with Gasteiger partial charge in [0.1, 0.15) is 17.9 Å². The van der Waals surface area contributed by atoms with Crippen LogP contribution in [0.1, 0.15) is 11.1 Å². The van der Waals surface area contributed by atoms with Gasteiger partial charge in [-0.2, -0.15) is 0 Å². The maximum absolute atomic E-state index is 11.9. The summed E-state index contributed by atoms with van der Waals surface area (Å²) in [4.78, 5) is 23.7. The SMILES string of the molecule is O=C1NC(=S)NC(=O)C1=Cc1cccc(OCc2ccc(Cl)cc2)c1. The molecule has 2 aromatic rings. The predicted molar refractivity (Wildman–Crippen MR) is 99.1 cm³/mol. The van der Waals surface area contributed by atoms with Gasteiger partial charge in [0.2, 0.25) is 0 Å². The van der Waals surface area contributed by atoms with Crippen LogP contribution in [0.15, 0.2) is 54.1 Å². The zero-order valence-electron chi connectivity index (χ0n) is 12.9. The van der Waals surface area contributed by atoms with Gasteiger partial charge in [-0.3, -0.25) is 20.2 Å². The van der Waals surface area contributed by atoms with E-state index in [0.29, 0.717) is 22.9 Å². The van der Waals surface area contributed by atoms with Crippen molar-refractivity contribution in [3.8, 4) is 5.75 Å². The monoisotopic (exact) mass is 372 g/mol. The Bertz CT molecular complexity index is 856. The van der Waals surface area contributed by atoms with Gasteiger partial charge in [-0.05, 0) is 53.7 Å². The highest BCUT2D eigenvalue weighted by Gasteiger charge is 2.25. The Balaban J connectivity index is 1.74. The fourth-order valence-electron chi connectivity index (χ4n) is 2.21. The van der Waals surface area contributed by atoms with Crippen LogP contribution in [0.25, 0.3) is 6.08 Å². The average molecular weight is 373 g/mol. The van der Waals surface area contributed by atoms with E-state index in [0.717, 1.165) is 5.56 Å². The van der Waals surface area contributed by atoms with Gasteiger partial charge in [0.15, 0.2) is 5.11 Å². The van der Waals surface area contributed by atoms with Gasteiger partial charge in [-0.1, -0.05) is 35.9 Å². The van der Waals surface area contributed by atoms with E-state index in [1.54, 1.807) is 36.4 Å². The molecule has 1 heterocycles. The molecular weight excluding hydrogens is 360 g/mol. The van der Waals surface area contributed by atoms with E-state index in [1.807, 2.05) is 12.1 Å². The topological polar surface area (TPSA) is 67.4 Å². The molecule has 1 aliphatic heterocycles. The second-order valence-corrected chi connectivity index (χ2v) is 6.13. The first-order valence-corrected chi connectivity index (χ1v) is 8.15. The number of amides is 2. The van der Waals surface area contributed by atoms with Crippen LogP contribution in [0.2, 0.25) is 5.02 Å². The first-order chi connectivity index (χ1) is 12.0. The van der Waals surface area contributed by atoms with Crippen LogP contribution in [0.4, 0.5) is 0 Å². The number of thiocarbonyl (C=S) groups is 1. The molecule has 0 saturated carbocycles. The molecule has 1 saturated heterocycles. The number of nitrogens with one attached hydrogen (secondary N) is 2. The van der Waals surface area contributed by atoms with Gasteiger partial charge in [-0.25, -0.2) is 0 Å². The molecule has 0 aromatic heterocycles. The van der Waals surface area contributed by atoms with Crippen molar-refractivity contribution in [3.63, 3.8) is 0 Å². The third-order valence-electron chi connectivity index (χ3n) is 3.43. The number of carbonyl (C=O) groups excluding carboxylic acids is 2. The zero-order chi connectivity index (χ0) is 17.8. The minimum Gasteiger partial charge on any atom is -0.489 e. The molecule has 25 heavy (non-hydrogen) atoms. The Morgan fingerprint density at radius 3 is 2.40 bits per heavy atom. The minimum atomic E-state index is -0.527. The average Bonchev–Trinajstić information content (AvgIpc) is 2.58. The van der Waals surface area contributed by atoms with Crippen molar-refractivity contribution in [2.45, 2.75) is 6.61 Å². The van der Waals surface area contributed by atoms with Gasteiger partial charge in [0.25, 0.3) is 11.8 Å². The number of benzene rings is 2. The second-order valence-electron chi connectivity index (χ2n) is 5.28. The van der Waals surface area contributed by atoms with Gasteiger partial charge in [0.05, 0.1) is 0 Å². The smallest absolute Gasteiger partial charge is 0.263 e. The zero-order valence-corrected chi connectivity index (χ0v) is 14.5. The van der Waals surface area contributed by atoms with Crippen molar-refractivity contribution in [3.05, 3.63) is 70.3 Å². The Morgan fingerprint density at radius 1 is 1.04 bits per heavy atom.